The van der Waals surface area contributed by atoms with Gasteiger partial charge in [-0.15, -0.1) is 11.3 Å². The maximum atomic E-state index is 12.0. The molecule has 1 saturated heterocycles. The number of fused-ring (bicyclic) bond motifs is 3. The molecule has 0 spiro atoms. The quantitative estimate of drug-likeness (QED) is 0.800. The second-order valence-electron chi connectivity index (χ2n) is 8.31. The zero-order chi connectivity index (χ0) is 19.1. The highest BCUT2D eigenvalue weighted by atomic mass is 32.1. The minimum atomic E-state index is 0.257. The fourth-order valence-corrected chi connectivity index (χ4v) is 5.60. The number of carbonyl (C=O) groups is 1. The Labute approximate surface area is 165 Å². The Bertz CT molecular complexity index is 851. The molecule has 4 rings (SSSR count). The summed E-state index contributed by atoms with van der Waals surface area (Å²) in [4.78, 5) is 29.0. The van der Waals surface area contributed by atoms with Crippen LogP contribution in [0.3, 0.4) is 0 Å². The van der Waals surface area contributed by atoms with Crippen LogP contribution in [0.1, 0.15) is 62.7 Å². The highest BCUT2D eigenvalue weighted by Crippen LogP contribution is 2.41. The van der Waals surface area contributed by atoms with Crippen molar-refractivity contribution in [2.24, 2.45) is 5.92 Å². The van der Waals surface area contributed by atoms with Crippen molar-refractivity contribution in [2.45, 2.75) is 59.3 Å². The lowest BCUT2D eigenvalue weighted by atomic mass is 9.89. The van der Waals surface area contributed by atoms with Gasteiger partial charge < -0.3 is 9.80 Å². The van der Waals surface area contributed by atoms with E-state index in [0.717, 1.165) is 55.0 Å². The van der Waals surface area contributed by atoms with Crippen molar-refractivity contribution in [3.8, 4) is 0 Å². The van der Waals surface area contributed by atoms with E-state index in [0.29, 0.717) is 12.3 Å². The normalized spacial score (nSPS) is 20.4. The van der Waals surface area contributed by atoms with Gasteiger partial charge in [-0.05, 0) is 30.7 Å². The lowest BCUT2D eigenvalue weighted by Crippen LogP contribution is -2.49. The van der Waals surface area contributed by atoms with E-state index in [1.165, 1.54) is 28.7 Å². The summed E-state index contributed by atoms with van der Waals surface area (Å²) in [5.74, 6) is 3.38. The summed E-state index contributed by atoms with van der Waals surface area (Å²) in [7, 11) is 0. The molecule has 2 aromatic heterocycles. The molecular formula is C21H30N4OS. The molecule has 1 atom stereocenters. The van der Waals surface area contributed by atoms with E-state index in [-0.39, 0.29) is 5.91 Å². The van der Waals surface area contributed by atoms with Gasteiger partial charge in [-0.25, -0.2) is 9.97 Å². The van der Waals surface area contributed by atoms with E-state index >= 15 is 0 Å². The predicted molar refractivity (Wildman–Crippen MR) is 112 cm³/mol. The number of aryl methyl sites for hydroxylation is 1. The van der Waals surface area contributed by atoms with E-state index < -0.39 is 0 Å². The van der Waals surface area contributed by atoms with Gasteiger partial charge in [0.15, 0.2) is 0 Å². The van der Waals surface area contributed by atoms with Crippen LogP contribution in [0.5, 0.6) is 0 Å². The van der Waals surface area contributed by atoms with Crippen LogP contribution >= 0.6 is 11.3 Å². The van der Waals surface area contributed by atoms with Crippen LogP contribution in [0.15, 0.2) is 0 Å². The Morgan fingerprint density at radius 1 is 1.22 bits per heavy atom. The number of rotatable bonds is 3. The molecule has 146 valence electrons. The molecule has 1 unspecified atom stereocenters. The van der Waals surface area contributed by atoms with Crippen molar-refractivity contribution in [3.63, 3.8) is 0 Å². The molecule has 1 aliphatic carbocycles. The molecule has 27 heavy (non-hydrogen) atoms. The first-order valence-corrected chi connectivity index (χ1v) is 11.1. The highest BCUT2D eigenvalue weighted by molar-refractivity contribution is 7.19. The zero-order valence-electron chi connectivity index (χ0n) is 16.9. The van der Waals surface area contributed by atoms with Crippen molar-refractivity contribution in [3.05, 3.63) is 16.3 Å². The van der Waals surface area contributed by atoms with E-state index in [9.17, 15) is 4.79 Å². The summed E-state index contributed by atoms with van der Waals surface area (Å²) in [5, 5.41) is 1.29. The first-order valence-electron chi connectivity index (χ1n) is 10.3. The molecule has 1 amide bonds. The molecule has 0 saturated carbocycles. The van der Waals surface area contributed by atoms with Gasteiger partial charge in [0, 0.05) is 43.4 Å². The Balaban J connectivity index is 1.74. The summed E-state index contributed by atoms with van der Waals surface area (Å²) in [6.45, 7) is 11.9. The highest BCUT2D eigenvalue weighted by Gasteiger charge is 2.28. The van der Waals surface area contributed by atoms with Crippen molar-refractivity contribution >= 4 is 33.3 Å². The number of aromatic nitrogens is 2. The second kappa shape index (κ2) is 7.38. The molecule has 0 bridgehead atoms. The van der Waals surface area contributed by atoms with Gasteiger partial charge >= 0.3 is 0 Å². The van der Waals surface area contributed by atoms with E-state index in [1.54, 1.807) is 0 Å². The maximum absolute atomic E-state index is 12.0. The lowest BCUT2D eigenvalue weighted by Gasteiger charge is -2.36. The summed E-state index contributed by atoms with van der Waals surface area (Å²) < 4.78 is 0. The topological polar surface area (TPSA) is 49.3 Å². The SMILES string of the molecule is CCC(=O)N1CCN(c2nc(C(C)C)nc3sc4c(c23)CCC(C)C4)CC1. The number of piperazine rings is 1. The van der Waals surface area contributed by atoms with Crippen molar-refractivity contribution < 1.29 is 4.79 Å². The molecule has 0 aromatic carbocycles. The van der Waals surface area contributed by atoms with Crippen LogP contribution in [0, 0.1) is 5.92 Å². The number of carbonyl (C=O) groups excluding carboxylic acids is 1. The van der Waals surface area contributed by atoms with Gasteiger partial charge in [0.1, 0.15) is 16.5 Å². The van der Waals surface area contributed by atoms with Gasteiger partial charge in [0.2, 0.25) is 5.91 Å². The molecule has 2 aromatic rings. The van der Waals surface area contributed by atoms with E-state index in [2.05, 4.69) is 25.7 Å². The smallest absolute Gasteiger partial charge is 0.222 e. The average Bonchev–Trinajstić information content (AvgIpc) is 3.04. The predicted octanol–water partition coefficient (Wildman–Crippen LogP) is 4.00. The standard InChI is InChI=1S/C21H30N4OS/c1-5-17(26)24-8-10-25(11-9-24)20-18-15-7-6-14(4)12-16(15)27-21(18)23-19(22-20)13(2)3/h13-14H,5-12H2,1-4H3. The number of hydrogen-bond acceptors (Lipinski definition) is 5. The number of amides is 1. The largest absolute Gasteiger partial charge is 0.352 e. The molecule has 1 aliphatic heterocycles. The minimum absolute atomic E-state index is 0.257. The van der Waals surface area contributed by atoms with Crippen LogP contribution in [-0.2, 0) is 17.6 Å². The summed E-state index contributed by atoms with van der Waals surface area (Å²) >= 11 is 1.88. The molecule has 0 N–H and O–H groups in total. The minimum Gasteiger partial charge on any atom is -0.352 e. The zero-order valence-corrected chi connectivity index (χ0v) is 17.7. The molecule has 3 heterocycles. The Morgan fingerprint density at radius 2 is 1.96 bits per heavy atom. The van der Waals surface area contributed by atoms with Crippen molar-refractivity contribution in [1.82, 2.24) is 14.9 Å². The lowest BCUT2D eigenvalue weighted by molar-refractivity contribution is -0.131. The second-order valence-corrected chi connectivity index (χ2v) is 9.40. The van der Waals surface area contributed by atoms with Gasteiger partial charge in [-0.2, -0.15) is 0 Å². The third-order valence-corrected chi connectivity index (χ3v) is 7.05. The Morgan fingerprint density at radius 3 is 2.63 bits per heavy atom. The van der Waals surface area contributed by atoms with Gasteiger partial charge in [0.25, 0.3) is 0 Å². The fourth-order valence-electron chi connectivity index (χ4n) is 4.22. The van der Waals surface area contributed by atoms with E-state index in [4.69, 9.17) is 9.97 Å². The van der Waals surface area contributed by atoms with Crippen molar-refractivity contribution in [1.29, 1.82) is 0 Å². The fraction of sp³-hybridized carbons (Fsp3) is 0.667. The molecule has 2 aliphatic rings. The summed E-state index contributed by atoms with van der Waals surface area (Å²) in [6.07, 6.45) is 4.15. The van der Waals surface area contributed by atoms with Crippen LogP contribution in [0.4, 0.5) is 5.82 Å². The molecule has 5 nitrogen and oxygen atoms in total. The Hall–Kier alpha value is -1.69. The number of nitrogens with zero attached hydrogens (tertiary/aromatic N) is 4. The molecule has 6 heteroatoms. The van der Waals surface area contributed by atoms with Crippen LogP contribution in [-0.4, -0.2) is 47.0 Å². The van der Waals surface area contributed by atoms with Crippen LogP contribution < -0.4 is 4.90 Å². The summed E-state index contributed by atoms with van der Waals surface area (Å²) in [5.41, 5.74) is 1.49. The van der Waals surface area contributed by atoms with Crippen LogP contribution in [0.25, 0.3) is 10.2 Å². The van der Waals surface area contributed by atoms with Crippen LogP contribution in [0.2, 0.25) is 0 Å². The third-order valence-electron chi connectivity index (χ3n) is 5.90. The van der Waals surface area contributed by atoms with Crippen molar-refractivity contribution in [2.75, 3.05) is 31.1 Å². The first kappa shape index (κ1) is 18.7. The monoisotopic (exact) mass is 386 g/mol. The van der Waals surface area contributed by atoms with Gasteiger partial charge in [0.05, 0.1) is 5.39 Å². The number of hydrogen-bond donors (Lipinski definition) is 0. The summed E-state index contributed by atoms with van der Waals surface area (Å²) in [6, 6.07) is 0. The number of anilines is 1. The maximum Gasteiger partial charge on any atom is 0.222 e. The van der Waals surface area contributed by atoms with Gasteiger partial charge in [-0.3, -0.25) is 4.79 Å². The average molecular weight is 387 g/mol. The molecular weight excluding hydrogens is 356 g/mol. The Kier molecular flexibility index (Phi) is 5.10. The third kappa shape index (κ3) is 3.44. The molecule has 0 radical (unpaired) electrons. The number of thiophene rings is 1. The first-order chi connectivity index (χ1) is 13.0. The van der Waals surface area contributed by atoms with E-state index in [1.807, 2.05) is 23.2 Å². The van der Waals surface area contributed by atoms with Gasteiger partial charge in [-0.1, -0.05) is 27.7 Å². The molecule has 1 fully saturated rings.